The molecule has 0 radical (unpaired) electrons. The van der Waals surface area contributed by atoms with Gasteiger partial charge in [-0.15, -0.1) is 0 Å². The van der Waals surface area contributed by atoms with Crippen molar-refractivity contribution in [2.75, 3.05) is 19.5 Å². The number of hydrogen-bond acceptors (Lipinski definition) is 4. The van der Waals surface area contributed by atoms with Crippen molar-refractivity contribution in [2.24, 2.45) is 0 Å². The van der Waals surface area contributed by atoms with Crippen LogP contribution in [0.3, 0.4) is 0 Å². The Bertz CT molecular complexity index is 602. The van der Waals surface area contributed by atoms with Crippen molar-refractivity contribution in [2.45, 2.75) is 6.54 Å². The number of hydrogen-bond donors (Lipinski definition) is 2. The van der Waals surface area contributed by atoms with Gasteiger partial charge in [-0.05, 0) is 29.8 Å². The molecule has 2 aromatic carbocycles. The first-order valence-corrected chi connectivity index (χ1v) is 6.45. The van der Waals surface area contributed by atoms with Crippen molar-refractivity contribution in [3.63, 3.8) is 0 Å². The van der Waals surface area contributed by atoms with Crippen molar-refractivity contribution in [1.82, 2.24) is 0 Å². The highest BCUT2D eigenvalue weighted by molar-refractivity contribution is 6.32. The molecule has 0 aliphatic rings. The Morgan fingerprint density at radius 1 is 1.10 bits per heavy atom. The highest BCUT2D eigenvalue weighted by atomic mass is 35.5. The Morgan fingerprint density at radius 2 is 1.90 bits per heavy atom. The van der Waals surface area contributed by atoms with E-state index in [1.165, 1.54) is 0 Å². The first kappa shape index (κ1) is 14.3. The number of anilines is 1. The summed E-state index contributed by atoms with van der Waals surface area (Å²) in [5, 5.41) is 13.0. The van der Waals surface area contributed by atoms with E-state index in [1.807, 2.05) is 24.3 Å². The summed E-state index contributed by atoms with van der Waals surface area (Å²) in [6.07, 6.45) is 0. The van der Waals surface area contributed by atoms with E-state index in [-0.39, 0.29) is 5.75 Å². The van der Waals surface area contributed by atoms with Crippen molar-refractivity contribution in [3.05, 3.63) is 47.0 Å². The Hall–Kier alpha value is -2.07. The molecule has 2 aromatic rings. The molecule has 0 atom stereocenters. The lowest BCUT2D eigenvalue weighted by Gasteiger charge is -2.12. The Balaban J connectivity index is 2.12. The van der Waals surface area contributed by atoms with E-state index in [9.17, 15) is 5.11 Å². The number of ether oxygens (including phenoxy) is 2. The molecule has 0 aliphatic heterocycles. The fraction of sp³-hybridized carbons (Fsp3) is 0.200. The van der Waals surface area contributed by atoms with E-state index in [0.717, 1.165) is 17.0 Å². The van der Waals surface area contributed by atoms with Crippen LogP contribution >= 0.6 is 11.6 Å². The summed E-state index contributed by atoms with van der Waals surface area (Å²) >= 11 is 5.87. The quantitative estimate of drug-likeness (QED) is 0.883. The zero-order valence-electron chi connectivity index (χ0n) is 11.3. The van der Waals surface area contributed by atoms with Crippen LogP contribution in [0.5, 0.6) is 17.2 Å². The van der Waals surface area contributed by atoms with Crippen LogP contribution in [0.15, 0.2) is 36.4 Å². The third-order valence-electron chi connectivity index (χ3n) is 2.90. The molecule has 0 saturated carbocycles. The van der Waals surface area contributed by atoms with Gasteiger partial charge in [0, 0.05) is 12.6 Å². The fourth-order valence-corrected chi connectivity index (χ4v) is 2.01. The van der Waals surface area contributed by atoms with Crippen molar-refractivity contribution >= 4 is 17.3 Å². The van der Waals surface area contributed by atoms with E-state index in [1.54, 1.807) is 26.4 Å². The largest absolute Gasteiger partial charge is 0.506 e. The van der Waals surface area contributed by atoms with Gasteiger partial charge in [0.05, 0.1) is 24.9 Å². The second-order valence-corrected chi connectivity index (χ2v) is 4.61. The van der Waals surface area contributed by atoms with Gasteiger partial charge in [-0.3, -0.25) is 0 Å². The smallest absolute Gasteiger partial charge is 0.145 e. The summed E-state index contributed by atoms with van der Waals surface area (Å²) in [5.41, 5.74) is 1.82. The molecule has 20 heavy (non-hydrogen) atoms. The van der Waals surface area contributed by atoms with Crippen LogP contribution in [0.1, 0.15) is 5.56 Å². The van der Waals surface area contributed by atoms with Gasteiger partial charge in [-0.25, -0.2) is 0 Å². The lowest BCUT2D eigenvalue weighted by Crippen LogP contribution is -2.01. The molecular formula is C15H16ClNO3. The van der Waals surface area contributed by atoms with Gasteiger partial charge >= 0.3 is 0 Å². The number of methoxy groups -OCH3 is 2. The first-order chi connectivity index (χ1) is 9.63. The molecule has 0 aromatic heterocycles. The molecule has 2 N–H and O–H groups in total. The van der Waals surface area contributed by atoms with Gasteiger partial charge in [-0.2, -0.15) is 0 Å². The lowest BCUT2D eigenvalue weighted by molar-refractivity contribution is 0.395. The van der Waals surface area contributed by atoms with Crippen LogP contribution in [0.25, 0.3) is 0 Å². The van der Waals surface area contributed by atoms with E-state index in [2.05, 4.69) is 5.32 Å². The minimum atomic E-state index is 0.0810. The van der Waals surface area contributed by atoms with Crippen LogP contribution < -0.4 is 14.8 Å². The number of aromatic hydroxyl groups is 1. The van der Waals surface area contributed by atoms with Crippen LogP contribution in [-0.2, 0) is 6.54 Å². The molecule has 106 valence electrons. The molecule has 0 bridgehead atoms. The second-order valence-electron chi connectivity index (χ2n) is 4.21. The highest BCUT2D eigenvalue weighted by Gasteiger charge is 2.05. The van der Waals surface area contributed by atoms with Gasteiger partial charge in [0.25, 0.3) is 0 Å². The Morgan fingerprint density at radius 3 is 2.55 bits per heavy atom. The van der Waals surface area contributed by atoms with Crippen molar-refractivity contribution < 1.29 is 14.6 Å². The van der Waals surface area contributed by atoms with E-state index in [4.69, 9.17) is 21.1 Å². The molecule has 0 spiro atoms. The van der Waals surface area contributed by atoms with Gasteiger partial charge < -0.3 is 19.9 Å². The van der Waals surface area contributed by atoms with Gasteiger partial charge in [0.1, 0.15) is 17.2 Å². The summed E-state index contributed by atoms with van der Waals surface area (Å²) in [6, 6.07) is 10.7. The van der Waals surface area contributed by atoms with Gasteiger partial charge in [0.2, 0.25) is 0 Å². The molecule has 0 aliphatic carbocycles. The number of nitrogens with one attached hydrogen (secondary N) is 1. The molecule has 0 unspecified atom stereocenters. The standard InChI is InChI=1S/C15H16ClNO3/c1-19-11-4-5-13(15(8-11)20-2)17-9-10-3-6-14(18)12(16)7-10/h3-8,17-18H,9H2,1-2H3. The fourth-order valence-electron chi connectivity index (χ4n) is 1.80. The van der Waals surface area contributed by atoms with Gasteiger partial charge in [0.15, 0.2) is 0 Å². The lowest BCUT2D eigenvalue weighted by atomic mass is 10.2. The SMILES string of the molecule is COc1ccc(NCc2ccc(O)c(Cl)c2)c(OC)c1. The van der Waals surface area contributed by atoms with Crippen molar-refractivity contribution in [1.29, 1.82) is 0 Å². The molecular weight excluding hydrogens is 278 g/mol. The first-order valence-electron chi connectivity index (χ1n) is 6.07. The maximum atomic E-state index is 9.38. The van der Waals surface area contributed by atoms with Crippen molar-refractivity contribution in [3.8, 4) is 17.2 Å². The van der Waals surface area contributed by atoms with Gasteiger partial charge in [-0.1, -0.05) is 17.7 Å². The summed E-state index contributed by atoms with van der Waals surface area (Å²) in [5.74, 6) is 1.52. The topological polar surface area (TPSA) is 50.7 Å². The summed E-state index contributed by atoms with van der Waals surface area (Å²) in [6.45, 7) is 0.572. The molecule has 4 nitrogen and oxygen atoms in total. The maximum Gasteiger partial charge on any atom is 0.145 e. The van der Waals surface area contributed by atoms with Crippen LogP contribution in [0, 0.1) is 0 Å². The third kappa shape index (κ3) is 3.27. The second kappa shape index (κ2) is 6.39. The predicted molar refractivity (Wildman–Crippen MR) is 80.0 cm³/mol. The predicted octanol–water partition coefficient (Wildman–Crippen LogP) is 3.67. The zero-order chi connectivity index (χ0) is 14.5. The maximum absolute atomic E-state index is 9.38. The molecule has 0 saturated heterocycles. The van der Waals surface area contributed by atoms with Crippen LogP contribution in [0.2, 0.25) is 5.02 Å². The van der Waals surface area contributed by atoms with E-state index in [0.29, 0.717) is 17.3 Å². The van der Waals surface area contributed by atoms with E-state index < -0.39 is 0 Å². The highest BCUT2D eigenvalue weighted by Crippen LogP contribution is 2.30. The Labute approximate surface area is 122 Å². The minimum absolute atomic E-state index is 0.0810. The number of rotatable bonds is 5. The Kier molecular flexibility index (Phi) is 4.58. The monoisotopic (exact) mass is 293 g/mol. The normalized spacial score (nSPS) is 10.2. The summed E-state index contributed by atoms with van der Waals surface area (Å²) < 4.78 is 10.5. The average Bonchev–Trinajstić information content (AvgIpc) is 2.48. The van der Waals surface area contributed by atoms with Crippen LogP contribution in [0.4, 0.5) is 5.69 Å². The minimum Gasteiger partial charge on any atom is -0.506 e. The average molecular weight is 294 g/mol. The molecule has 0 heterocycles. The number of phenolic OH excluding ortho intramolecular Hbond substituents is 1. The summed E-state index contributed by atoms with van der Waals surface area (Å²) in [7, 11) is 3.22. The number of benzene rings is 2. The number of phenols is 1. The number of halogens is 1. The molecule has 5 heteroatoms. The third-order valence-corrected chi connectivity index (χ3v) is 3.21. The van der Waals surface area contributed by atoms with Crippen LogP contribution in [-0.4, -0.2) is 19.3 Å². The molecule has 0 fully saturated rings. The molecule has 2 rings (SSSR count). The summed E-state index contributed by atoms with van der Waals surface area (Å²) in [4.78, 5) is 0. The van der Waals surface area contributed by atoms with E-state index >= 15 is 0 Å². The zero-order valence-corrected chi connectivity index (χ0v) is 12.1. The molecule has 0 amide bonds.